The van der Waals surface area contributed by atoms with Gasteiger partial charge in [0.25, 0.3) is 0 Å². The van der Waals surface area contributed by atoms with E-state index in [9.17, 15) is 4.79 Å². The fourth-order valence-electron chi connectivity index (χ4n) is 4.30. The fraction of sp³-hybridized carbons (Fsp3) is 0.269. The molecule has 5 nitrogen and oxygen atoms in total. The van der Waals surface area contributed by atoms with E-state index >= 15 is 0 Å². The van der Waals surface area contributed by atoms with E-state index in [1.807, 2.05) is 48.5 Å². The molecule has 0 aliphatic heterocycles. The Morgan fingerprint density at radius 3 is 1.77 bits per heavy atom. The molecule has 0 aliphatic rings. The van der Waals surface area contributed by atoms with Gasteiger partial charge < -0.3 is 21.3 Å². The smallest absolute Gasteiger partial charge is 0.320 e. The average Bonchev–Trinajstić information content (AvgIpc) is 2.81. The second-order valence-electron chi connectivity index (χ2n) is 7.75. The molecular formula is C26H30N2O3. The molecule has 0 saturated carbocycles. The molecule has 5 heteroatoms. The number of carboxylic acids is 1. The van der Waals surface area contributed by atoms with Crippen LogP contribution >= 0.6 is 0 Å². The van der Waals surface area contributed by atoms with Crippen molar-refractivity contribution >= 4 is 5.97 Å². The van der Waals surface area contributed by atoms with E-state index < -0.39 is 17.4 Å². The van der Waals surface area contributed by atoms with Crippen molar-refractivity contribution in [1.29, 1.82) is 0 Å². The zero-order chi connectivity index (χ0) is 22.3. The zero-order valence-electron chi connectivity index (χ0n) is 17.8. The Morgan fingerprint density at radius 2 is 1.32 bits per heavy atom. The van der Waals surface area contributed by atoms with E-state index in [4.69, 9.17) is 21.3 Å². The molecule has 2 atom stereocenters. The normalized spacial score (nSPS) is 13.4. The predicted octanol–water partition coefficient (Wildman–Crippen LogP) is 3.94. The molecule has 3 aromatic rings. The minimum absolute atomic E-state index is 0.299. The first-order valence-electron chi connectivity index (χ1n) is 10.5. The number of aliphatic carboxylic acids is 1. The lowest BCUT2D eigenvalue weighted by molar-refractivity contribution is -0.138. The molecule has 31 heavy (non-hydrogen) atoms. The van der Waals surface area contributed by atoms with Crippen LogP contribution < -0.4 is 16.2 Å². The highest BCUT2D eigenvalue weighted by molar-refractivity contribution is 5.72. The van der Waals surface area contributed by atoms with Gasteiger partial charge in [0, 0.05) is 6.04 Å². The number of hydrogen-bond donors (Lipinski definition) is 3. The van der Waals surface area contributed by atoms with Gasteiger partial charge in [-0.2, -0.15) is 0 Å². The first-order valence-corrected chi connectivity index (χ1v) is 10.5. The van der Waals surface area contributed by atoms with E-state index in [1.54, 1.807) is 7.11 Å². The van der Waals surface area contributed by atoms with Gasteiger partial charge in [0.15, 0.2) is 0 Å². The highest BCUT2D eigenvalue weighted by Gasteiger charge is 2.41. The summed E-state index contributed by atoms with van der Waals surface area (Å²) in [5, 5.41) is 9.12. The summed E-state index contributed by atoms with van der Waals surface area (Å²) in [6, 6.07) is 27.3. The third kappa shape index (κ3) is 4.79. The molecule has 1 unspecified atom stereocenters. The summed E-state index contributed by atoms with van der Waals surface area (Å²) in [7, 11) is 1.65. The highest BCUT2D eigenvalue weighted by Crippen LogP contribution is 2.43. The van der Waals surface area contributed by atoms with E-state index in [0.29, 0.717) is 19.3 Å². The predicted molar refractivity (Wildman–Crippen MR) is 123 cm³/mol. The molecule has 0 spiro atoms. The number of nitrogens with two attached hydrogens (primary N) is 2. The van der Waals surface area contributed by atoms with Gasteiger partial charge in [0.1, 0.15) is 11.8 Å². The van der Waals surface area contributed by atoms with Crippen molar-refractivity contribution in [2.75, 3.05) is 7.11 Å². The number of ether oxygens (including phenoxy) is 1. The number of carbonyl (C=O) groups is 1. The summed E-state index contributed by atoms with van der Waals surface area (Å²) in [5.41, 5.74) is 15.3. The first-order chi connectivity index (χ1) is 15.0. The molecule has 0 radical (unpaired) electrons. The Labute approximate surface area is 183 Å². The number of hydrogen-bond acceptors (Lipinski definition) is 4. The fourth-order valence-corrected chi connectivity index (χ4v) is 4.30. The van der Waals surface area contributed by atoms with E-state index in [2.05, 4.69) is 36.4 Å². The van der Waals surface area contributed by atoms with Crippen LogP contribution in [0.25, 0.3) is 0 Å². The van der Waals surface area contributed by atoms with Gasteiger partial charge in [0.2, 0.25) is 0 Å². The summed E-state index contributed by atoms with van der Waals surface area (Å²) >= 11 is 0. The van der Waals surface area contributed by atoms with Gasteiger partial charge >= 0.3 is 5.97 Å². The molecule has 0 bridgehead atoms. The Bertz CT molecular complexity index is 919. The van der Waals surface area contributed by atoms with E-state index in [-0.39, 0.29) is 6.04 Å². The van der Waals surface area contributed by atoms with Crippen molar-refractivity contribution in [3.8, 4) is 5.75 Å². The minimum atomic E-state index is -0.985. The van der Waals surface area contributed by atoms with Gasteiger partial charge in [-0.1, -0.05) is 72.8 Å². The third-order valence-corrected chi connectivity index (χ3v) is 5.91. The zero-order valence-corrected chi connectivity index (χ0v) is 17.8. The molecule has 162 valence electrons. The topological polar surface area (TPSA) is 98.6 Å². The number of rotatable bonds is 10. The third-order valence-electron chi connectivity index (χ3n) is 5.91. The molecule has 0 aliphatic carbocycles. The maximum atomic E-state index is 11.1. The standard InChI is InChI=1S/C26H30N2O3/c1-31-22-17-15-21(16-18-22)26(19-9-4-2-5-10-19,20-11-6-3-7-12-20)24(28)14-8-13-23(27)25(29)30/h2-7,9-12,15-18,23-24H,8,13-14,27-28H2,1H3,(H,29,30)/t23-,24?/m0/s1. The summed E-state index contributed by atoms with van der Waals surface area (Å²) in [6.45, 7) is 0. The van der Waals surface area contributed by atoms with Crippen LogP contribution in [0.2, 0.25) is 0 Å². The summed E-state index contributed by atoms with van der Waals surface area (Å²) in [4.78, 5) is 11.1. The van der Waals surface area contributed by atoms with Gasteiger partial charge in [-0.15, -0.1) is 0 Å². The quantitative estimate of drug-likeness (QED) is 0.433. The number of benzene rings is 3. The van der Waals surface area contributed by atoms with Crippen LogP contribution in [0.3, 0.4) is 0 Å². The second-order valence-corrected chi connectivity index (χ2v) is 7.75. The lowest BCUT2D eigenvalue weighted by Gasteiger charge is -2.41. The van der Waals surface area contributed by atoms with Crippen LogP contribution in [-0.4, -0.2) is 30.3 Å². The first kappa shape index (κ1) is 22.5. The summed E-state index contributed by atoms with van der Waals surface area (Å²) in [6.07, 6.45) is 1.62. The summed E-state index contributed by atoms with van der Waals surface area (Å²) in [5.74, 6) is -0.208. The van der Waals surface area contributed by atoms with Crippen molar-refractivity contribution in [3.63, 3.8) is 0 Å². The molecule has 0 aromatic heterocycles. The van der Waals surface area contributed by atoms with E-state index in [1.165, 1.54) is 0 Å². The van der Waals surface area contributed by atoms with E-state index in [0.717, 1.165) is 22.4 Å². The molecular weight excluding hydrogens is 388 g/mol. The maximum Gasteiger partial charge on any atom is 0.320 e. The average molecular weight is 419 g/mol. The van der Waals surface area contributed by atoms with Gasteiger partial charge in [0.05, 0.1) is 12.5 Å². The second kappa shape index (κ2) is 10.2. The number of carboxylic acid groups (broad SMARTS) is 1. The van der Waals surface area contributed by atoms with Crippen LogP contribution in [0, 0.1) is 0 Å². The van der Waals surface area contributed by atoms with Crippen molar-refractivity contribution < 1.29 is 14.6 Å². The van der Waals surface area contributed by atoms with Gasteiger partial charge in [-0.05, 0) is 48.1 Å². The van der Waals surface area contributed by atoms with Crippen molar-refractivity contribution in [1.82, 2.24) is 0 Å². The molecule has 0 heterocycles. The van der Waals surface area contributed by atoms with Crippen molar-refractivity contribution in [2.24, 2.45) is 11.5 Å². The Kier molecular flexibility index (Phi) is 7.45. The highest BCUT2D eigenvalue weighted by atomic mass is 16.5. The molecule has 3 aromatic carbocycles. The SMILES string of the molecule is COc1ccc(C(c2ccccc2)(c2ccccc2)C(N)CCC[C@H](N)C(=O)O)cc1. The monoisotopic (exact) mass is 418 g/mol. The molecule has 0 saturated heterocycles. The Morgan fingerprint density at radius 1 is 0.839 bits per heavy atom. The largest absolute Gasteiger partial charge is 0.497 e. The van der Waals surface area contributed by atoms with Crippen molar-refractivity contribution in [3.05, 3.63) is 102 Å². The maximum absolute atomic E-state index is 11.1. The van der Waals surface area contributed by atoms with Crippen LogP contribution in [0.15, 0.2) is 84.9 Å². The number of methoxy groups -OCH3 is 1. The van der Waals surface area contributed by atoms with Crippen LogP contribution in [-0.2, 0) is 10.2 Å². The molecule has 0 amide bonds. The molecule has 5 N–H and O–H groups in total. The molecule has 3 rings (SSSR count). The van der Waals surface area contributed by atoms with Gasteiger partial charge in [-0.25, -0.2) is 0 Å². The Balaban J connectivity index is 2.11. The van der Waals surface area contributed by atoms with Gasteiger partial charge in [-0.3, -0.25) is 4.79 Å². The van der Waals surface area contributed by atoms with Crippen LogP contribution in [0.1, 0.15) is 36.0 Å². The lowest BCUT2D eigenvalue weighted by Crippen LogP contribution is -2.47. The Hall–Kier alpha value is -3.15. The minimum Gasteiger partial charge on any atom is -0.497 e. The summed E-state index contributed by atoms with van der Waals surface area (Å²) < 4.78 is 5.37. The lowest BCUT2D eigenvalue weighted by atomic mass is 9.64. The molecule has 0 fully saturated rings. The van der Waals surface area contributed by atoms with Crippen molar-refractivity contribution in [2.45, 2.75) is 36.8 Å². The van der Waals surface area contributed by atoms with Crippen LogP contribution in [0.4, 0.5) is 0 Å². The van der Waals surface area contributed by atoms with Crippen LogP contribution in [0.5, 0.6) is 5.75 Å².